The molecule has 1 aliphatic rings. The van der Waals surface area contributed by atoms with Crippen molar-refractivity contribution in [3.8, 4) is 0 Å². The van der Waals surface area contributed by atoms with Crippen molar-refractivity contribution in [2.45, 2.75) is 38.5 Å². The van der Waals surface area contributed by atoms with Crippen LogP contribution in [0.4, 0.5) is 19.0 Å². The standard InChI is InChI=1S/C21H22F3N3O3/c1-2-30-20(29)16-7-10-18(25-11-16)27(17-8-9-17)12-14-3-5-15(6-4-14)19(28)26-13-21(22,23)24/h3-7,10-11,17H,2,8-9,12-13H2,1H3,(H,26,28). The summed E-state index contributed by atoms with van der Waals surface area (Å²) in [6.07, 6.45) is -0.911. The first-order valence-electron chi connectivity index (χ1n) is 9.60. The number of benzene rings is 1. The fourth-order valence-electron chi connectivity index (χ4n) is 2.92. The number of alkyl halides is 3. The number of amides is 1. The number of ether oxygens (including phenoxy) is 1. The van der Waals surface area contributed by atoms with E-state index in [1.54, 1.807) is 31.2 Å². The smallest absolute Gasteiger partial charge is 0.405 e. The number of carbonyl (C=O) groups is 2. The Bertz CT molecular complexity index is 879. The predicted octanol–water partition coefficient (Wildman–Crippen LogP) is 3.72. The van der Waals surface area contributed by atoms with E-state index in [0.717, 1.165) is 24.2 Å². The van der Waals surface area contributed by atoms with Crippen LogP contribution in [0.15, 0.2) is 42.6 Å². The molecule has 2 aromatic rings. The Morgan fingerprint density at radius 2 is 1.80 bits per heavy atom. The molecule has 0 bridgehead atoms. The van der Waals surface area contributed by atoms with Gasteiger partial charge in [-0.05, 0) is 49.6 Å². The van der Waals surface area contributed by atoms with E-state index in [2.05, 4.69) is 9.88 Å². The molecule has 1 fully saturated rings. The second-order valence-corrected chi connectivity index (χ2v) is 6.98. The molecule has 160 valence electrons. The van der Waals surface area contributed by atoms with Crippen molar-refractivity contribution in [2.75, 3.05) is 18.1 Å². The third-order valence-electron chi connectivity index (χ3n) is 4.56. The number of carbonyl (C=O) groups excluding carboxylic acids is 2. The molecule has 0 unspecified atom stereocenters. The Morgan fingerprint density at radius 1 is 1.13 bits per heavy atom. The number of anilines is 1. The number of esters is 1. The SMILES string of the molecule is CCOC(=O)c1ccc(N(Cc2ccc(C(=O)NCC(F)(F)F)cc2)C2CC2)nc1. The number of hydrogen-bond acceptors (Lipinski definition) is 5. The molecule has 1 saturated carbocycles. The van der Waals surface area contributed by atoms with Gasteiger partial charge in [-0.1, -0.05) is 12.1 Å². The summed E-state index contributed by atoms with van der Waals surface area (Å²) in [5, 5.41) is 1.85. The Hall–Kier alpha value is -3.10. The second-order valence-electron chi connectivity index (χ2n) is 6.98. The average molecular weight is 421 g/mol. The van der Waals surface area contributed by atoms with Crippen molar-refractivity contribution < 1.29 is 27.5 Å². The van der Waals surface area contributed by atoms with Crippen LogP contribution >= 0.6 is 0 Å². The molecule has 1 aliphatic carbocycles. The molecule has 0 atom stereocenters. The molecule has 0 radical (unpaired) electrons. The summed E-state index contributed by atoms with van der Waals surface area (Å²) in [5.74, 6) is -0.472. The van der Waals surface area contributed by atoms with Crippen molar-refractivity contribution >= 4 is 17.7 Å². The number of rotatable bonds is 8. The lowest BCUT2D eigenvalue weighted by Crippen LogP contribution is -2.33. The summed E-state index contributed by atoms with van der Waals surface area (Å²) >= 11 is 0. The molecule has 1 aromatic heterocycles. The van der Waals surface area contributed by atoms with Crippen LogP contribution in [0.5, 0.6) is 0 Å². The lowest BCUT2D eigenvalue weighted by molar-refractivity contribution is -0.123. The number of aromatic nitrogens is 1. The zero-order valence-electron chi connectivity index (χ0n) is 16.4. The van der Waals surface area contributed by atoms with E-state index in [4.69, 9.17) is 4.74 Å². The number of nitrogens with zero attached hydrogens (tertiary/aromatic N) is 2. The molecule has 0 aliphatic heterocycles. The minimum absolute atomic E-state index is 0.165. The minimum Gasteiger partial charge on any atom is -0.462 e. The first-order chi connectivity index (χ1) is 14.3. The lowest BCUT2D eigenvalue weighted by Gasteiger charge is -2.24. The molecule has 1 heterocycles. The Morgan fingerprint density at radius 3 is 2.33 bits per heavy atom. The van der Waals surface area contributed by atoms with Crippen LogP contribution < -0.4 is 10.2 Å². The highest BCUT2D eigenvalue weighted by Crippen LogP contribution is 2.32. The first-order valence-corrected chi connectivity index (χ1v) is 9.60. The third-order valence-corrected chi connectivity index (χ3v) is 4.56. The van der Waals surface area contributed by atoms with Crippen LogP contribution in [0.25, 0.3) is 0 Å². The van der Waals surface area contributed by atoms with E-state index in [9.17, 15) is 22.8 Å². The van der Waals surface area contributed by atoms with Crippen LogP contribution in [0.3, 0.4) is 0 Å². The number of hydrogen-bond donors (Lipinski definition) is 1. The van der Waals surface area contributed by atoms with E-state index in [-0.39, 0.29) is 5.56 Å². The second kappa shape index (κ2) is 9.15. The quantitative estimate of drug-likeness (QED) is 0.658. The minimum atomic E-state index is -4.45. The van der Waals surface area contributed by atoms with Gasteiger partial charge in [-0.3, -0.25) is 4.79 Å². The lowest BCUT2D eigenvalue weighted by atomic mass is 10.1. The van der Waals surface area contributed by atoms with Gasteiger partial charge < -0.3 is 15.0 Å². The Kier molecular flexibility index (Phi) is 6.59. The first kappa shape index (κ1) is 21.6. The van der Waals surface area contributed by atoms with Crippen LogP contribution in [0, 0.1) is 0 Å². The van der Waals surface area contributed by atoms with E-state index in [0.29, 0.717) is 24.8 Å². The summed E-state index contributed by atoms with van der Waals surface area (Å²) < 4.78 is 41.7. The van der Waals surface area contributed by atoms with Gasteiger partial charge in [0.15, 0.2) is 0 Å². The summed E-state index contributed by atoms with van der Waals surface area (Å²) in [4.78, 5) is 30.1. The van der Waals surface area contributed by atoms with Gasteiger partial charge in [0, 0.05) is 24.3 Å². The molecule has 30 heavy (non-hydrogen) atoms. The largest absolute Gasteiger partial charge is 0.462 e. The Labute approximate surface area is 172 Å². The molecule has 1 amide bonds. The molecule has 0 spiro atoms. The highest BCUT2D eigenvalue weighted by atomic mass is 19.4. The summed E-state index contributed by atoms with van der Waals surface area (Å²) in [6, 6.07) is 10.2. The van der Waals surface area contributed by atoms with Gasteiger partial charge in [-0.15, -0.1) is 0 Å². The molecular formula is C21H22F3N3O3. The van der Waals surface area contributed by atoms with E-state index in [1.807, 2.05) is 5.32 Å². The summed E-state index contributed by atoms with van der Waals surface area (Å²) in [7, 11) is 0. The number of pyridine rings is 1. The van der Waals surface area contributed by atoms with Gasteiger partial charge in [0.1, 0.15) is 12.4 Å². The normalized spacial score (nSPS) is 13.6. The van der Waals surface area contributed by atoms with E-state index >= 15 is 0 Å². The highest BCUT2D eigenvalue weighted by molar-refractivity contribution is 5.94. The van der Waals surface area contributed by atoms with Crippen LogP contribution in [0.2, 0.25) is 0 Å². The summed E-state index contributed by atoms with van der Waals surface area (Å²) in [5.41, 5.74) is 1.44. The van der Waals surface area contributed by atoms with Crippen molar-refractivity contribution in [1.29, 1.82) is 0 Å². The molecule has 1 N–H and O–H groups in total. The number of halogens is 3. The Balaban J connectivity index is 1.66. The van der Waals surface area contributed by atoms with Crippen LogP contribution in [-0.4, -0.2) is 42.2 Å². The van der Waals surface area contributed by atoms with Crippen LogP contribution in [-0.2, 0) is 11.3 Å². The third kappa shape index (κ3) is 5.95. The zero-order chi connectivity index (χ0) is 21.7. The van der Waals surface area contributed by atoms with Gasteiger partial charge in [0.2, 0.25) is 0 Å². The van der Waals surface area contributed by atoms with Crippen molar-refractivity contribution in [1.82, 2.24) is 10.3 Å². The fraction of sp³-hybridized carbons (Fsp3) is 0.381. The molecule has 1 aromatic carbocycles. The highest BCUT2D eigenvalue weighted by Gasteiger charge is 2.30. The molecule has 9 heteroatoms. The van der Waals surface area contributed by atoms with E-state index < -0.39 is 24.6 Å². The maximum absolute atomic E-state index is 12.2. The molecular weight excluding hydrogens is 399 g/mol. The maximum atomic E-state index is 12.2. The van der Waals surface area contributed by atoms with Crippen molar-refractivity contribution in [3.63, 3.8) is 0 Å². The van der Waals surface area contributed by atoms with Gasteiger partial charge >= 0.3 is 12.1 Å². The maximum Gasteiger partial charge on any atom is 0.405 e. The van der Waals surface area contributed by atoms with Gasteiger partial charge in [-0.25, -0.2) is 9.78 Å². The van der Waals surface area contributed by atoms with Crippen molar-refractivity contribution in [3.05, 3.63) is 59.3 Å². The zero-order valence-corrected chi connectivity index (χ0v) is 16.4. The summed E-state index contributed by atoms with van der Waals surface area (Å²) in [6.45, 7) is 1.19. The predicted molar refractivity (Wildman–Crippen MR) is 104 cm³/mol. The molecule has 6 nitrogen and oxygen atoms in total. The van der Waals surface area contributed by atoms with Gasteiger partial charge in [0.25, 0.3) is 5.91 Å². The van der Waals surface area contributed by atoms with Gasteiger partial charge in [-0.2, -0.15) is 13.2 Å². The molecule has 3 rings (SSSR count). The topological polar surface area (TPSA) is 71.5 Å². The van der Waals surface area contributed by atoms with E-state index in [1.165, 1.54) is 18.3 Å². The monoisotopic (exact) mass is 421 g/mol. The fourth-order valence-corrected chi connectivity index (χ4v) is 2.92. The van der Waals surface area contributed by atoms with Crippen LogP contribution in [0.1, 0.15) is 46.0 Å². The molecule has 0 saturated heterocycles. The number of nitrogens with one attached hydrogen (secondary N) is 1. The average Bonchev–Trinajstić information content (AvgIpc) is 3.56. The van der Waals surface area contributed by atoms with Crippen molar-refractivity contribution in [2.24, 2.45) is 0 Å². The van der Waals surface area contributed by atoms with Gasteiger partial charge in [0.05, 0.1) is 12.2 Å².